The molecule has 0 bridgehead atoms. The Hall–Kier alpha value is -1.23. The van der Waals surface area contributed by atoms with Crippen LogP contribution in [0.1, 0.15) is 104 Å². The summed E-state index contributed by atoms with van der Waals surface area (Å²) in [6.45, 7) is 10.3. The fourth-order valence-electron chi connectivity index (χ4n) is 2.62. The van der Waals surface area contributed by atoms with Gasteiger partial charge >= 0.3 is 0 Å². The molecular formula is C22H39NO. The molecule has 0 heterocycles. The van der Waals surface area contributed by atoms with E-state index in [0.29, 0.717) is 6.42 Å². The van der Waals surface area contributed by atoms with Crippen LogP contribution in [-0.2, 0) is 4.79 Å². The molecule has 0 aromatic carbocycles. The second kappa shape index (κ2) is 16.6. The SMILES string of the molecule is C=C(C#CCCCCCCC)CCCCCCCC(=O)NC(C)C. The van der Waals surface area contributed by atoms with Crippen molar-refractivity contribution in [2.75, 3.05) is 0 Å². The second-order valence-corrected chi connectivity index (χ2v) is 7.06. The van der Waals surface area contributed by atoms with Gasteiger partial charge in [0.25, 0.3) is 0 Å². The third-order valence-electron chi connectivity index (χ3n) is 4.00. The van der Waals surface area contributed by atoms with Crippen LogP contribution in [0.4, 0.5) is 0 Å². The van der Waals surface area contributed by atoms with Gasteiger partial charge in [0, 0.05) is 18.9 Å². The maximum absolute atomic E-state index is 11.5. The van der Waals surface area contributed by atoms with Gasteiger partial charge < -0.3 is 5.32 Å². The number of carbonyl (C=O) groups is 1. The van der Waals surface area contributed by atoms with Crippen molar-refractivity contribution in [1.82, 2.24) is 5.32 Å². The van der Waals surface area contributed by atoms with E-state index in [4.69, 9.17) is 0 Å². The average Bonchev–Trinajstić information content (AvgIpc) is 2.52. The van der Waals surface area contributed by atoms with Crippen LogP contribution in [0, 0.1) is 11.8 Å². The Morgan fingerprint density at radius 2 is 1.50 bits per heavy atom. The van der Waals surface area contributed by atoms with Crippen LogP contribution in [0.5, 0.6) is 0 Å². The first-order chi connectivity index (χ1) is 11.6. The molecule has 0 saturated heterocycles. The van der Waals surface area contributed by atoms with Gasteiger partial charge in [0.1, 0.15) is 0 Å². The molecule has 138 valence electrons. The predicted octanol–water partition coefficient (Wildman–Crippen LogP) is 6.16. The third-order valence-corrected chi connectivity index (χ3v) is 4.00. The van der Waals surface area contributed by atoms with Crippen LogP contribution >= 0.6 is 0 Å². The van der Waals surface area contributed by atoms with Crippen molar-refractivity contribution >= 4 is 5.91 Å². The smallest absolute Gasteiger partial charge is 0.220 e. The van der Waals surface area contributed by atoms with Gasteiger partial charge in [-0.1, -0.05) is 70.3 Å². The first-order valence-corrected chi connectivity index (χ1v) is 10.0. The van der Waals surface area contributed by atoms with E-state index in [2.05, 4.69) is 30.7 Å². The van der Waals surface area contributed by atoms with Crippen LogP contribution in [0.25, 0.3) is 0 Å². The van der Waals surface area contributed by atoms with E-state index in [-0.39, 0.29) is 11.9 Å². The molecule has 0 unspecified atom stereocenters. The standard InChI is InChI=1S/C22H39NO/c1-5-6-7-8-9-11-14-17-21(4)18-15-12-10-13-16-19-22(24)23-20(2)3/h20H,4-13,15-16,18-19H2,1-3H3,(H,23,24). The Labute approximate surface area is 150 Å². The monoisotopic (exact) mass is 333 g/mol. The van der Waals surface area contributed by atoms with Gasteiger partial charge in [-0.25, -0.2) is 0 Å². The Kier molecular flexibility index (Phi) is 15.8. The average molecular weight is 334 g/mol. The first kappa shape index (κ1) is 22.8. The van der Waals surface area contributed by atoms with Gasteiger partial charge in [-0.2, -0.15) is 0 Å². The molecule has 0 rings (SSSR count). The number of nitrogens with one attached hydrogen (secondary N) is 1. The van der Waals surface area contributed by atoms with Crippen molar-refractivity contribution in [3.8, 4) is 11.8 Å². The van der Waals surface area contributed by atoms with Gasteiger partial charge in [0.2, 0.25) is 5.91 Å². The van der Waals surface area contributed by atoms with Crippen molar-refractivity contribution in [3.63, 3.8) is 0 Å². The highest BCUT2D eigenvalue weighted by molar-refractivity contribution is 5.76. The number of unbranched alkanes of at least 4 members (excludes halogenated alkanes) is 9. The number of amides is 1. The lowest BCUT2D eigenvalue weighted by atomic mass is 10.1. The van der Waals surface area contributed by atoms with E-state index in [9.17, 15) is 4.79 Å². The van der Waals surface area contributed by atoms with E-state index in [0.717, 1.165) is 31.3 Å². The van der Waals surface area contributed by atoms with Gasteiger partial charge in [-0.05, 0) is 45.1 Å². The van der Waals surface area contributed by atoms with Crippen LogP contribution in [0.3, 0.4) is 0 Å². The maximum atomic E-state index is 11.5. The quantitative estimate of drug-likeness (QED) is 0.299. The van der Waals surface area contributed by atoms with Gasteiger partial charge in [-0.15, -0.1) is 0 Å². The van der Waals surface area contributed by atoms with E-state index in [1.54, 1.807) is 0 Å². The number of hydrogen-bond acceptors (Lipinski definition) is 1. The number of carbonyl (C=O) groups excluding carboxylic acids is 1. The van der Waals surface area contributed by atoms with Crippen molar-refractivity contribution < 1.29 is 4.79 Å². The summed E-state index contributed by atoms with van der Waals surface area (Å²) in [5, 5.41) is 2.93. The number of hydrogen-bond donors (Lipinski definition) is 1. The van der Waals surface area contributed by atoms with Crippen molar-refractivity contribution in [1.29, 1.82) is 0 Å². The topological polar surface area (TPSA) is 29.1 Å². The molecule has 1 N–H and O–H groups in total. The normalized spacial score (nSPS) is 10.3. The van der Waals surface area contributed by atoms with Gasteiger partial charge in [0.05, 0.1) is 0 Å². The zero-order chi connectivity index (χ0) is 18.0. The number of allylic oxidation sites excluding steroid dienone is 1. The molecule has 0 spiro atoms. The molecule has 0 aliphatic heterocycles. The zero-order valence-electron chi connectivity index (χ0n) is 16.4. The van der Waals surface area contributed by atoms with E-state index >= 15 is 0 Å². The molecule has 1 amide bonds. The summed E-state index contributed by atoms with van der Waals surface area (Å²) in [7, 11) is 0. The lowest BCUT2D eigenvalue weighted by Gasteiger charge is -2.07. The van der Waals surface area contributed by atoms with Crippen molar-refractivity contribution in [2.45, 2.75) is 110 Å². The summed E-state index contributed by atoms with van der Waals surface area (Å²) in [5.74, 6) is 6.65. The molecule has 0 fully saturated rings. The first-order valence-electron chi connectivity index (χ1n) is 10.0. The maximum Gasteiger partial charge on any atom is 0.220 e. The summed E-state index contributed by atoms with van der Waals surface area (Å²) in [6.07, 6.45) is 15.0. The number of rotatable bonds is 14. The molecule has 2 nitrogen and oxygen atoms in total. The summed E-state index contributed by atoms with van der Waals surface area (Å²) >= 11 is 0. The van der Waals surface area contributed by atoms with E-state index < -0.39 is 0 Å². The Balaban J connectivity index is 3.42. The minimum Gasteiger partial charge on any atom is -0.354 e. The molecule has 0 saturated carbocycles. The molecule has 0 aliphatic rings. The van der Waals surface area contributed by atoms with Crippen LogP contribution in [-0.4, -0.2) is 11.9 Å². The molecule has 0 aliphatic carbocycles. The Morgan fingerprint density at radius 1 is 0.917 bits per heavy atom. The fourth-order valence-corrected chi connectivity index (χ4v) is 2.62. The molecular weight excluding hydrogens is 294 g/mol. The Bertz CT molecular complexity index is 387. The zero-order valence-corrected chi connectivity index (χ0v) is 16.4. The highest BCUT2D eigenvalue weighted by atomic mass is 16.1. The summed E-state index contributed by atoms with van der Waals surface area (Å²) in [4.78, 5) is 11.5. The summed E-state index contributed by atoms with van der Waals surface area (Å²) in [6, 6.07) is 0.251. The van der Waals surface area contributed by atoms with Crippen LogP contribution in [0.15, 0.2) is 12.2 Å². The Morgan fingerprint density at radius 3 is 2.17 bits per heavy atom. The van der Waals surface area contributed by atoms with E-state index in [1.807, 2.05) is 13.8 Å². The third kappa shape index (κ3) is 17.1. The predicted molar refractivity (Wildman–Crippen MR) is 106 cm³/mol. The lowest BCUT2D eigenvalue weighted by molar-refractivity contribution is -0.121. The minimum atomic E-state index is 0.184. The highest BCUT2D eigenvalue weighted by Gasteiger charge is 2.02. The van der Waals surface area contributed by atoms with Crippen LogP contribution in [0.2, 0.25) is 0 Å². The fraction of sp³-hybridized carbons (Fsp3) is 0.773. The molecule has 24 heavy (non-hydrogen) atoms. The summed E-state index contributed by atoms with van der Waals surface area (Å²) < 4.78 is 0. The van der Waals surface area contributed by atoms with Gasteiger partial charge in [-0.3, -0.25) is 4.79 Å². The van der Waals surface area contributed by atoms with Gasteiger partial charge in [0.15, 0.2) is 0 Å². The van der Waals surface area contributed by atoms with Crippen molar-refractivity contribution in [3.05, 3.63) is 12.2 Å². The largest absolute Gasteiger partial charge is 0.354 e. The van der Waals surface area contributed by atoms with E-state index in [1.165, 1.54) is 51.4 Å². The van der Waals surface area contributed by atoms with Crippen molar-refractivity contribution in [2.24, 2.45) is 0 Å². The molecule has 0 radical (unpaired) electrons. The van der Waals surface area contributed by atoms with Crippen LogP contribution < -0.4 is 5.32 Å². The molecule has 0 atom stereocenters. The summed E-state index contributed by atoms with van der Waals surface area (Å²) in [5.41, 5.74) is 1.08. The molecule has 0 aromatic heterocycles. The second-order valence-electron chi connectivity index (χ2n) is 7.06. The highest BCUT2D eigenvalue weighted by Crippen LogP contribution is 2.11. The lowest BCUT2D eigenvalue weighted by Crippen LogP contribution is -2.29. The minimum absolute atomic E-state index is 0.184. The molecule has 2 heteroatoms. The molecule has 0 aromatic rings.